The van der Waals surface area contributed by atoms with E-state index in [2.05, 4.69) is 34.6 Å². The van der Waals surface area contributed by atoms with Crippen molar-refractivity contribution in [3.05, 3.63) is 0 Å². The van der Waals surface area contributed by atoms with Crippen LogP contribution in [0.2, 0.25) is 0 Å². The lowest BCUT2D eigenvalue weighted by Crippen LogP contribution is -2.70. The zero-order chi connectivity index (χ0) is 89.8. The third kappa shape index (κ3) is 54.8. The normalized spacial score (nSPS) is 24.6. The van der Waals surface area contributed by atoms with Crippen LogP contribution in [0.3, 0.4) is 0 Å². The molecule has 25 nitrogen and oxygen atoms in total. The first-order chi connectivity index (χ1) is 59.6. The molecule has 3 aliphatic rings. The number of unbranched alkanes of at least 4 members (excludes halogenated alkanes) is 55. The molecular weight excluding hydrogens is 1600 g/mol. The molecule has 123 heavy (non-hydrogen) atoms. The van der Waals surface area contributed by atoms with E-state index in [9.17, 15) is 74.6 Å². The molecule has 2 saturated heterocycles. The van der Waals surface area contributed by atoms with Crippen molar-refractivity contribution < 1.29 is 122 Å². The Morgan fingerprint density at radius 1 is 0.317 bits per heavy atom. The lowest BCUT2D eigenvalue weighted by Gasteiger charge is -2.50. The number of hydrogen-bond donors (Lipinski definition) is 10. The largest absolute Gasteiger partial charge is 0.472 e. The van der Waals surface area contributed by atoms with Gasteiger partial charge >= 0.3 is 31.7 Å². The number of aliphatic hydroxyl groups is 9. The van der Waals surface area contributed by atoms with E-state index in [1.165, 1.54) is 238 Å². The van der Waals surface area contributed by atoms with E-state index in [1.54, 1.807) is 0 Å². The highest BCUT2D eigenvalue weighted by Gasteiger charge is 2.60. The second-order valence-electron chi connectivity index (χ2n) is 36.6. The molecule has 10 N–H and O–H groups in total. The van der Waals surface area contributed by atoms with Crippen molar-refractivity contribution >= 4 is 31.7 Å². The Bertz CT molecular complexity index is 2560. The van der Waals surface area contributed by atoms with Gasteiger partial charge in [-0.15, -0.1) is 0 Å². The van der Waals surface area contributed by atoms with E-state index >= 15 is 0 Å². The summed E-state index contributed by atoms with van der Waals surface area (Å²) >= 11 is 0. The third-order valence-corrected chi connectivity index (χ3v) is 26.2. The average molecular weight is 1780 g/mol. The van der Waals surface area contributed by atoms with Gasteiger partial charge in [0.2, 0.25) is 0 Å². The summed E-state index contributed by atoms with van der Waals surface area (Å²) in [4.78, 5) is 66.7. The van der Waals surface area contributed by atoms with Gasteiger partial charge in [0.1, 0.15) is 92.6 Å². The zero-order valence-corrected chi connectivity index (χ0v) is 78.8. The maximum absolute atomic E-state index is 15.0. The van der Waals surface area contributed by atoms with Gasteiger partial charge in [0.05, 0.1) is 13.2 Å². The fraction of sp³-hybridized carbons (Fsp3) is 0.959. The van der Waals surface area contributed by atoms with Gasteiger partial charge < -0.3 is 88.7 Å². The summed E-state index contributed by atoms with van der Waals surface area (Å²) in [6.07, 6.45) is 33.4. The molecule has 2 aliphatic heterocycles. The van der Waals surface area contributed by atoms with Gasteiger partial charge in [-0.3, -0.25) is 28.2 Å². The molecule has 3 fully saturated rings. The zero-order valence-electron chi connectivity index (χ0n) is 77.9. The minimum Gasteiger partial charge on any atom is -0.463 e. The minimum absolute atomic E-state index is 0.0175. The first kappa shape index (κ1) is 115. The number of hydrogen-bond acceptors (Lipinski definition) is 24. The summed E-state index contributed by atoms with van der Waals surface area (Å²) in [6.45, 7) is 8.01. The quantitative estimate of drug-likeness (QED) is 0.0117. The summed E-state index contributed by atoms with van der Waals surface area (Å²) in [5, 5.41) is 103. The highest BCUT2D eigenvalue weighted by atomic mass is 31.2. The lowest BCUT2D eigenvalue weighted by atomic mass is 9.84. The van der Waals surface area contributed by atoms with Crippen LogP contribution < -0.4 is 0 Å². The Labute approximate surface area is 744 Å². The molecule has 0 bridgehead atoms. The molecule has 1 saturated carbocycles. The van der Waals surface area contributed by atoms with Gasteiger partial charge in [-0.2, -0.15) is 0 Å². The number of rotatable bonds is 83. The van der Waals surface area contributed by atoms with Crippen LogP contribution in [0.5, 0.6) is 0 Å². The Morgan fingerprint density at radius 3 is 0.967 bits per heavy atom. The molecule has 0 aromatic carbocycles. The van der Waals surface area contributed by atoms with Crippen molar-refractivity contribution in [2.24, 2.45) is 5.92 Å². The van der Waals surface area contributed by atoms with E-state index < -0.39 is 162 Å². The number of esters is 4. The maximum atomic E-state index is 15.0. The predicted octanol–water partition coefficient (Wildman–Crippen LogP) is 20.0. The van der Waals surface area contributed by atoms with Gasteiger partial charge in [0.15, 0.2) is 24.8 Å². The van der Waals surface area contributed by atoms with Crippen LogP contribution in [0.25, 0.3) is 0 Å². The molecule has 2 heterocycles. The Balaban J connectivity index is 1.89. The Hall–Kier alpha value is -2.53. The number of carbonyl (C=O) groups is 4. The number of phosphoric acid groups is 1. The molecular formula is C97H183O25P. The van der Waals surface area contributed by atoms with E-state index in [0.717, 1.165) is 128 Å². The SMILES string of the molecule is CCCCCCCCCCCCCCCCCCC(=O)OCC(COP(=O)(O)OC1C(OC2OC(CO)C(O)C(O)C2O)C(O)C(O)C(OC(=O)CCCCCCCCCCCCCCCCCC)C1OC1OC(COC(=O)CCCCCCCCC(C)CCCCCCCC)C(O)C(O)C1O)OC(=O)CCCCCCCCCCCCCCCCCC. The Kier molecular flexibility index (Phi) is 70.0. The highest BCUT2D eigenvalue weighted by Crippen LogP contribution is 2.49. The van der Waals surface area contributed by atoms with Gasteiger partial charge in [0, 0.05) is 25.7 Å². The Morgan fingerprint density at radius 2 is 0.610 bits per heavy atom. The molecule has 1 aliphatic carbocycles. The maximum Gasteiger partial charge on any atom is 0.472 e. The van der Waals surface area contributed by atoms with Crippen molar-refractivity contribution in [2.45, 2.75) is 563 Å². The molecule has 0 amide bonds. The molecule has 0 radical (unpaired) electrons. The molecule has 19 atom stereocenters. The van der Waals surface area contributed by atoms with Crippen LogP contribution in [0, 0.1) is 5.92 Å². The van der Waals surface area contributed by atoms with E-state index in [-0.39, 0.29) is 25.7 Å². The van der Waals surface area contributed by atoms with Crippen molar-refractivity contribution in [1.82, 2.24) is 0 Å². The molecule has 0 aromatic rings. The molecule has 26 heteroatoms. The fourth-order valence-electron chi connectivity index (χ4n) is 17.2. The standard InChI is InChI=1S/C97H183O25P/c1-6-10-14-18-22-25-28-31-34-37-40-43-46-49-56-62-68-80(99)113-73-77(116-82(101)70-64-58-50-47-44-41-38-35-32-29-26-23-19-15-11-7-2)74-115-123(111,112)122-95-93(120-96-90(109)86(105)84(103)78(72-98)117-96)89(108)88(107)92(119-83(102)71-65-59-51-48-45-42-39-36-33-30-27-24-20-16-12-8-3)94(95)121-97-91(110)87(106)85(104)79(118-97)75-114-81(100)69-63-57-53-52-55-61-67-76(5)66-60-54-21-17-13-9-4/h76-79,84-98,103-110H,6-75H2,1-5H3,(H,111,112). The lowest BCUT2D eigenvalue weighted by molar-refractivity contribution is -0.360. The van der Waals surface area contributed by atoms with Crippen molar-refractivity contribution in [1.29, 1.82) is 0 Å². The number of phosphoric ester groups is 1. The third-order valence-electron chi connectivity index (χ3n) is 25.3. The van der Waals surface area contributed by atoms with Crippen LogP contribution in [0.1, 0.15) is 458 Å². The number of aliphatic hydroxyl groups excluding tert-OH is 9. The smallest absolute Gasteiger partial charge is 0.463 e. The van der Waals surface area contributed by atoms with Crippen LogP contribution in [-0.2, 0) is 70.7 Å². The van der Waals surface area contributed by atoms with Crippen LogP contribution in [0.4, 0.5) is 0 Å². The summed E-state index contributed by atoms with van der Waals surface area (Å²) in [5.41, 5.74) is 0. The van der Waals surface area contributed by atoms with Gasteiger partial charge in [-0.05, 0) is 31.6 Å². The van der Waals surface area contributed by atoms with Crippen molar-refractivity contribution in [3.8, 4) is 0 Å². The summed E-state index contributed by atoms with van der Waals surface area (Å²) < 4.78 is 73.7. The molecule has 0 spiro atoms. The number of ether oxygens (including phenoxy) is 8. The second-order valence-corrected chi connectivity index (χ2v) is 38.0. The summed E-state index contributed by atoms with van der Waals surface area (Å²) in [7, 11) is -5.81. The van der Waals surface area contributed by atoms with Gasteiger partial charge in [-0.25, -0.2) is 4.57 Å². The molecule has 726 valence electrons. The van der Waals surface area contributed by atoms with Gasteiger partial charge in [-0.1, -0.05) is 407 Å². The minimum atomic E-state index is -5.81. The van der Waals surface area contributed by atoms with Gasteiger partial charge in [0.25, 0.3) is 0 Å². The molecule has 3 rings (SSSR count). The topological polar surface area (TPSA) is 380 Å². The summed E-state index contributed by atoms with van der Waals surface area (Å²) in [5.74, 6) is -2.25. The van der Waals surface area contributed by atoms with Crippen LogP contribution >= 0.6 is 7.82 Å². The summed E-state index contributed by atoms with van der Waals surface area (Å²) in [6, 6.07) is 0. The molecule has 19 unspecified atom stereocenters. The monoisotopic (exact) mass is 1780 g/mol. The number of carbonyl (C=O) groups excluding carboxylic acids is 4. The molecule has 0 aromatic heterocycles. The van der Waals surface area contributed by atoms with Crippen LogP contribution in [-0.4, -0.2) is 205 Å². The van der Waals surface area contributed by atoms with E-state index in [0.29, 0.717) is 38.0 Å². The predicted molar refractivity (Wildman–Crippen MR) is 481 cm³/mol. The average Bonchev–Trinajstić information content (AvgIpc) is 0.754. The van der Waals surface area contributed by atoms with E-state index in [1.807, 2.05) is 0 Å². The van der Waals surface area contributed by atoms with Crippen molar-refractivity contribution in [2.75, 3.05) is 26.4 Å². The first-order valence-electron chi connectivity index (χ1n) is 50.7. The van der Waals surface area contributed by atoms with Crippen LogP contribution in [0.15, 0.2) is 0 Å². The highest BCUT2D eigenvalue weighted by molar-refractivity contribution is 7.47. The van der Waals surface area contributed by atoms with Crippen molar-refractivity contribution in [3.63, 3.8) is 0 Å². The second kappa shape index (κ2) is 75.1. The first-order valence-corrected chi connectivity index (χ1v) is 52.2. The van der Waals surface area contributed by atoms with E-state index in [4.69, 9.17) is 46.9 Å². The fourth-order valence-corrected chi connectivity index (χ4v) is 18.1.